The second-order valence-electron chi connectivity index (χ2n) is 4.11. The molecule has 5 nitrogen and oxygen atoms in total. The van der Waals surface area contributed by atoms with E-state index < -0.39 is 47.9 Å². The maximum Gasteiger partial charge on any atom is 0.413 e. The Hall–Kier alpha value is -2.39. The van der Waals surface area contributed by atoms with Crippen LogP contribution in [0.1, 0.15) is 11.6 Å². The fourth-order valence-electron chi connectivity index (χ4n) is 1.57. The van der Waals surface area contributed by atoms with Crippen LogP contribution >= 0.6 is 0 Å². The van der Waals surface area contributed by atoms with Crippen LogP contribution in [0.15, 0.2) is 18.2 Å². The van der Waals surface area contributed by atoms with Crippen molar-refractivity contribution < 1.29 is 31.5 Å². The Morgan fingerprint density at radius 3 is 2.18 bits per heavy atom. The molecule has 0 aromatic heterocycles. The first-order chi connectivity index (χ1) is 10.2. The van der Waals surface area contributed by atoms with Gasteiger partial charge in [-0.15, -0.1) is 0 Å². The summed E-state index contributed by atoms with van der Waals surface area (Å²) >= 11 is 0. The fraction of sp³-hybridized carbons (Fsp3) is 0.333. The van der Waals surface area contributed by atoms with E-state index in [1.54, 1.807) is 0 Å². The Bertz CT molecular complexity index is 542. The first kappa shape index (κ1) is 17.7. The van der Waals surface area contributed by atoms with Gasteiger partial charge in [0.25, 0.3) is 0 Å². The summed E-state index contributed by atoms with van der Waals surface area (Å²) in [7, 11) is 1.24. The number of urea groups is 1. The molecule has 10 heteroatoms. The summed E-state index contributed by atoms with van der Waals surface area (Å²) in [5.74, 6) is -4.14. The maximum atomic E-state index is 13.5. The zero-order valence-corrected chi connectivity index (χ0v) is 11.2. The molecule has 1 aromatic carbocycles. The highest BCUT2D eigenvalue weighted by atomic mass is 19.4. The molecule has 0 aliphatic carbocycles. The third-order valence-electron chi connectivity index (χ3n) is 2.56. The standard InChI is InChI=1S/C12H12F5N3O2/c1-18-11(22)19-5-8(21)20-10(12(15,16)17)9-6(13)3-2-4-7(9)14/h2-4,10H,5H2,1H3,(H,20,21)(H2,18,19,22)/t10-/m0/s1. The van der Waals surface area contributed by atoms with Gasteiger partial charge in [-0.05, 0) is 12.1 Å². The van der Waals surface area contributed by atoms with Crippen molar-refractivity contribution >= 4 is 11.9 Å². The Balaban J connectivity index is 2.96. The van der Waals surface area contributed by atoms with Crippen LogP contribution in [0.4, 0.5) is 26.7 Å². The van der Waals surface area contributed by atoms with Gasteiger partial charge < -0.3 is 16.0 Å². The van der Waals surface area contributed by atoms with E-state index in [9.17, 15) is 31.5 Å². The summed E-state index contributed by atoms with van der Waals surface area (Å²) in [6, 6.07) is -1.47. The molecule has 0 fully saturated rings. The number of nitrogens with one attached hydrogen (secondary N) is 3. The first-order valence-corrected chi connectivity index (χ1v) is 5.92. The molecule has 1 aromatic rings. The largest absolute Gasteiger partial charge is 0.413 e. The number of rotatable bonds is 4. The van der Waals surface area contributed by atoms with Crippen molar-refractivity contribution in [1.82, 2.24) is 16.0 Å². The number of amides is 3. The maximum absolute atomic E-state index is 13.5. The van der Waals surface area contributed by atoms with Gasteiger partial charge in [0.05, 0.1) is 12.1 Å². The predicted octanol–water partition coefficient (Wildman–Crippen LogP) is 1.61. The molecule has 3 N–H and O–H groups in total. The lowest BCUT2D eigenvalue weighted by Crippen LogP contribution is -2.45. The van der Waals surface area contributed by atoms with E-state index in [-0.39, 0.29) is 0 Å². The third-order valence-corrected chi connectivity index (χ3v) is 2.56. The quantitative estimate of drug-likeness (QED) is 0.736. The molecule has 0 unspecified atom stereocenters. The van der Waals surface area contributed by atoms with Crippen LogP contribution in [0.3, 0.4) is 0 Å². The SMILES string of the molecule is CNC(=O)NCC(=O)N[C@@H](c1c(F)cccc1F)C(F)(F)F. The topological polar surface area (TPSA) is 70.2 Å². The van der Waals surface area contributed by atoms with E-state index in [2.05, 4.69) is 5.32 Å². The Kier molecular flexibility index (Phi) is 5.66. The lowest BCUT2D eigenvalue weighted by atomic mass is 10.0. The number of carbonyl (C=O) groups is 2. The van der Waals surface area contributed by atoms with Crippen LogP contribution in [0.5, 0.6) is 0 Å². The minimum Gasteiger partial charge on any atom is -0.341 e. The van der Waals surface area contributed by atoms with Gasteiger partial charge in [-0.1, -0.05) is 6.07 Å². The van der Waals surface area contributed by atoms with E-state index >= 15 is 0 Å². The van der Waals surface area contributed by atoms with Gasteiger partial charge >= 0.3 is 12.2 Å². The van der Waals surface area contributed by atoms with Crippen LogP contribution in [-0.4, -0.2) is 31.7 Å². The molecule has 0 saturated heterocycles. The number of alkyl halides is 3. The van der Waals surface area contributed by atoms with E-state index in [4.69, 9.17) is 0 Å². The highest BCUT2D eigenvalue weighted by Gasteiger charge is 2.44. The van der Waals surface area contributed by atoms with E-state index in [1.165, 1.54) is 12.4 Å². The van der Waals surface area contributed by atoms with Gasteiger partial charge in [-0.3, -0.25) is 4.79 Å². The minimum absolute atomic E-state index is 0.645. The van der Waals surface area contributed by atoms with Crippen molar-refractivity contribution in [2.45, 2.75) is 12.2 Å². The van der Waals surface area contributed by atoms with Gasteiger partial charge in [0, 0.05) is 7.05 Å². The minimum atomic E-state index is -5.12. The van der Waals surface area contributed by atoms with E-state index in [1.807, 2.05) is 5.32 Å². The molecule has 122 valence electrons. The van der Waals surface area contributed by atoms with Gasteiger partial charge in [-0.25, -0.2) is 13.6 Å². The molecule has 0 aliphatic heterocycles. The molecule has 22 heavy (non-hydrogen) atoms. The zero-order valence-electron chi connectivity index (χ0n) is 11.2. The average molecular weight is 325 g/mol. The number of benzene rings is 1. The summed E-state index contributed by atoms with van der Waals surface area (Å²) < 4.78 is 65.8. The normalized spacial score (nSPS) is 12.5. The van der Waals surface area contributed by atoms with Crippen LogP contribution < -0.4 is 16.0 Å². The average Bonchev–Trinajstić information content (AvgIpc) is 2.42. The van der Waals surface area contributed by atoms with Crippen LogP contribution in [0.25, 0.3) is 0 Å². The van der Waals surface area contributed by atoms with Crippen molar-refractivity contribution in [2.24, 2.45) is 0 Å². The number of hydrogen-bond acceptors (Lipinski definition) is 2. The summed E-state index contributed by atoms with van der Waals surface area (Å²) in [6.45, 7) is -0.789. The van der Waals surface area contributed by atoms with Crippen molar-refractivity contribution in [1.29, 1.82) is 0 Å². The molecule has 0 spiro atoms. The lowest BCUT2D eigenvalue weighted by molar-refractivity contribution is -0.164. The zero-order chi connectivity index (χ0) is 16.9. The molecule has 0 heterocycles. The molecule has 1 atom stereocenters. The number of halogens is 5. The van der Waals surface area contributed by atoms with Crippen molar-refractivity contribution in [3.8, 4) is 0 Å². The summed E-state index contributed by atoms with van der Waals surface area (Å²) in [4.78, 5) is 22.3. The van der Waals surface area contributed by atoms with Crippen LogP contribution in [-0.2, 0) is 4.79 Å². The van der Waals surface area contributed by atoms with Crippen LogP contribution in [0.2, 0.25) is 0 Å². The molecular formula is C12H12F5N3O2. The predicted molar refractivity (Wildman–Crippen MR) is 65.8 cm³/mol. The van der Waals surface area contributed by atoms with E-state index in [0.717, 1.165) is 6.07 Å². The third kappa shape index (κ3) is 4.57. The molecule has 1 rings (SSSR count). The first-order valence-electron chi connectivity index (χ1n) is 5.92. The van der Waals surface area contributed by atoms with Crippen LogP contribution in [0, 0.1) is 11.6 Å². The summed E-state index contributed by atoms with van der Waals surface area (Å²) in [5, 5.41) is 5.48. The second kappa shape index (κ2) is 7.05. The lowest BCUT2D eigenvalue weighted by Gasteiger charge is -2.23. The highest BCUT2D eigenvalue weighted by molar-refractivity contribution is 5.84. The number of hydrogen-bond donors (Lipinski definition) is 3. The summed E-state index contributed by atoms with van der Waals surface area (Å²) in [5.41, 5.74) is -1.32. The van der Waals surface area contributed by atoms with Gasteiger partial charge in [0.15, 0.2) is 6.04 Å². The van der Waals surface area contributed by atoms with Crippen molar-refractivity contribution in [3.05, 3.63) is 35.4 Å². The molecule has 0 saturated carbocycles. The molecule has 0 aliphatic rings. The van der Waals surface area contributed by atoms with Gasteiger partial charge in [0.1, 0.15) is 11.6 Å². The smallest absolute Gasteiger partial charge is 0.341 e. The second-order valence-corrected chi connectivity index (χ2v) is 4.11. The number of carbonyl (C=O) groups excluding carboxylic acids is 2. The molecular weight excluding hydrogens is 313 g/mol. The van der Waals surface area contributed by atoms with E-state index in [0.29, 0.717) is 12.1 Å². The molecule has 0 bridgehead atoms. The highest BCUT2D eigenvalue weighted by Crippen LogP contribution is 2.35. The van der Waals surface area contributed by atoms with Crippen molar-refractivity contribution in [2.75, 3.05) is 13.6 Å². The Morgan fingerprint density at radius 2 is 1.73 bits per heavy atom. The van der Waals surface area contributed by atoms with Gasteiger partial charge in [0.2, 0.25) is 5.91 Å². The summed E-state index contributed by atoms with van der Waals surface area (Å²) in [6.07, 6.45) is -5.12. The van der Waals surface area contributed by atoms with Gasteiger partial charge in [-0.2, -0.15) is 13.2 Å². The monoisotopic (exact) mass is 325 g/mol. The van der Waals surface area contributed by atoms with Crippen molar-refractivity contribution in [3.63, 3.8) is 0 Å². The Labute approximate surface area is 121 Å². The molecule has 3 amide bonds. The molecule has 0 radical (unpaired) electrons. The fourth-order valence-corrected chi connectivity index (χ4v) is 1.57. The Morgan fingerprint density at radius 1 is 1.18 bits per heavy atom.